The van der Waals surface area contributed by atoms with E-state index in [9.17, 15) is 13.6 Å². The molecule has 0 radical (unpaired) electrons. The van der Waals surface area contributed by atoms with Crippen molar-refractivity contribution in [2.75, 3.05) is 40.0 Å². The van der Waals surface area contributed by atoms with E-state index < -0.39 is 6.61 Å². The van der Waals surface area contributed by atoms with Crippen molar-refractivity contribution in [2.24, 2.45) is 0 Å². The van der Waals surface area contributed by atoms with Crippen molar-refractivity contribution < 1.29 is 27.8 Å². The summed E-state index contributed by atoms with van der Waals surface area (Å²) in [5.74, 6) is -0.326. The van der Waals surface area contributed by atoms with Crippen LogP contribution in [0.4, 0.5) is 8.78 Å². The van der Waals surface area contributed by atoms with Gasteiger partial charge in [0.2, 0.25) is 5.91 Å². The molecule has 1 aliphatic heterocycles. The van der Waals surface area contributed by atoms with Gasteiger partial charge in [-0.2, -0.15) is 8.78 Å². The number of para-hydroxylation sites is 1. The average molecular weight is 467 g/mol. The van der Waals surface area contributed by atoms with Crippen molar-refractivity contribution in [2.45, 2.75) is 12.7 Å². The normalized spacial score (nSPS) is 15.7. The van der Waals surface area contributed by atoms with E-state index in [2.05, 4.69) is 15.0 Å². The van der Waals surface area contributed by atoms with E-state index in [1.807, 2.05) is 24.3 Å². The van der Waals surface area contributed by atoms with Gasteiger partial charge in [-0.25, -0.2) is 0 Å². The highest BCUT2D eigenvalue weighted by atomic mass is 35.5. The van der Waals surface area contributed by atoms with Gasteiger partial charge in [-0.05, 0) is 29.8 Å². The SMILES string of the molecule is COc1cccc(/C=C/C(=O)NC[C@H](c2ccc(Cl)cc2)N2CCOCC2)c1OC(F)F. The van der Waals surface area contributed by atoms with Gasteiger partial charge in [0.1, 0.15) is 0 Å². The monoisotopic (exact) mass is 466 g/mol. The lowest BCUT2D eigenvalue weighted by Crippen LogP contribution is -2.43. The maximum Gasteiger partial charge on any atom is 0.387 e. The lowest BCUT2D eigenvalue weighted by atomic mass is 10.0. The van der Waals surface area contributed by atoms with Gasteiger partial charge in [-0.1, -0.05) is 35.9 Å². The fourth-order valence-electron chi connectivity index (χ4n) is 3.49. The molecule has 0 saturated carbocycles. The first-order valence-corrected chi connectivity index (χ1v) is 10.5. The number of nitrogens with one attached hydrogen (secondary N) is 1. The van der Waals surface area contributed by atoms with E-state index in [4.69, 9.17) is 21.1 Å². The molecule has 1 aliphatic rings. The second-order valence-corrected chi connectivity index (χ2v) is 7.49. The summed E-state index contributed by atoms with van der Waals surface area (Å²) in [6, 6.07) is 12.2. The zero-order chi connectivity index (χ0) is 22.9. The number of morpholine rings is 1. The number of rotatable bonds is 9. The first-order chi connectivity index (χ1) is 15.5. The van der Waals surface area contributed by atoms with E-state index >= 15 is 0 Å². The molecule has 1 N–H and O–H groups in total. The molecular formula is C23H25ClF2N2O4. The van der Waals surface area contributed by atoms with Gasteiger partial charge >= 0.3 is 6.61 Å². The van der Waals surface area contributed by atoms with Crippen molar-refractivity contribution in [1.29, 1.82) is 0 Å². The summed E-state index contributed by atoms with van der Waals surface area (Å²) in [5.41, 5.74) is 1.34. The van der Waals surface area contributed by atoms with Crippen molar-refractivity contribution in [3.05, 3.63) is 64.7 Å². The molecule has 0 spiro atoms. The second-order valence-electron chi connectivity index (χ2n) is 7.05. The van der Waals surface area contributed by atoms with Crippen LogP contribution in [-0.4, -0.2) is 57.4 Å². The Morgan fingerprint density at radius 3 is 2.59 bits per heavy atom. The largest absolute Gasteiger partial charge is 0.493 e. The van der Waals surface area contributed by atoms with Gasteiger partial charge < -0.3 is 19.5 Å². The predicted molar refractivity (Wildman–Crippen MR) is 118 cm³/mol. The number of hydrogen-bond donors (Lipinski definition) is 1. The number of carbonyl (C=O) groups excluding carboxylic acids is 1. The van der Waals surface area contributed by atoms with Crippen LogP contribution in [0.2, 0.25) is 5.02 Å². The number of methoxy groups -OCH3 is 1. The Balaban J connectivity index is 1.70. The van der Waals surface area contributed by atoms with E-state index in [0.717, 1.165) is 18.7 Å². The molecule has 32 heavy (non-hydrogen) atoms. The molecule has 6 nitrogen and oxygen atoms in total. The summed E-state index contributed by atoms with van der Waals surface area (Å²) >= 11 is 6.02. The van der Waals surface area contributed by atoms with Crippen LogP contribution in [0.5, 0.6) is 11.5 Å². The van der Waals surface area contributed by atoms with Crippen LogP contribution in [-0.2, 0) is 9.53 Å². The third-order valence-corrected chi connectivity index (χ3v) is 5.31. The van der Waals surface area contributed by atoms with E-state index in [-0.39, 0.29) is 23.4 Å². The minimum atomic E-state index is -3.01. The second kappa shape index (κ2) is 11.8. The molecular weight excluding hydrogens is 442 g/mol. The number of halogens is 3. The fraction of sp³-hybridized carbons (Fsp3) is 0.348. The van der Waals surface area contributed by atoms with E-state index in [0.29, 0.717) is 30.3 Å². The highest BCUT2D eigenvalue weighted by Gasteiger charge is 2.23. The molecule has 0 unspecified atom stereocenters. The Morgan fingerprint density at radius 2 is 1.94 bits per heavy atom. The molecule has 2 aromatic rings. The van der Waals surface area contributed by atoms with Gasteiger partial charge in [-0.3, -0.25) is 9.69 Å². The summed E-state index contributed by atoms with van der Waals surface area (Å²) in [5, 5.41) is 3.53. The molecule has 0 bridgehead atoms. The number of hydrogen-bond acceptors (Lipinski definition) is 5. The molecule has 2 aromatic carbocycles. The van der Waals surface area contributed by atoms with Gasteiger partial charge in [0.15, 0.2) is 11.5 Å². The minimum absolute atomic E-state index is 0.0527. The molecule has 172 valence electrons. The molecule has 1 atom stereocenters. The summed E-state index contributed by atoms with van der Waals surface area (Å²) in [6.07, 6.45) is 2.70. The first kappa shape index (κ1) is 24.0. The molecule has 1 saturated heterocycles. The predicted octanol–water partition coefficient (Wildman–Crippen LogP) is 4.15. The standard InChI is InChI=1S/C23H25ClF2N2O4/c1-30-20-4-2-3-17(22(20)32-23(25)26)7-10-21(29)27-15-19(28-11-13-31-14-12-28)16-5-8-18(24)9-6-16/h2-10,19,23H,11-15H2,1H3,(H,27,29)/b10-7+/t19-/m1/s1. The van der Waals surface area contributed by atoms with Crippen molar-refractivity contribution in [1.82, 2.24) is 10.2 Å². The van der Waals surface area contributed by atoms with Crippen molar-refractivity contribution >= 4 is 23.6 Å². The van der Waals surface area contributed by atoms with Gasteiger partial charge in [0.25, 0.3) is 0 Å². The van der Waals surface area contributed by atoms with Crippen molar-refractivity contribution in [3.63, 3.8) is 0 Å². The summed E-state index contributed by atoms with van der Waals surface area (Å²) in [7, 11) is 1.36. The zero-order valence-corrected chi connectivity index (χ0v) is 18.4. The lowest BCUT2D eigenvalue weighted by Gasteiger charge is -2.34. The van der Waals surface area contributed by atoms with Crippen LogP contribution in [0.15, 0.2) is 48.5 Å². The van der Waals surface area contributed by atoms with Crippen LogP contribution in [0, 0.1) is 0 Å². The number of nitrogens with zero attached hydrogens (tertiary/aromatic N) is 1. The van der Waals surface area contributed by atoms with Crippen LogP contribution in [0.25, 0.3) is 6.08 Å². The van der Waals surface area contributed by atoms with Gasteiger partial charge in [0, 0.05) is 36.3 Å². The van der Waals surface area contributed by atoms with Gasteiger partial charge in [0.05, 0.1) is 26.4 Å². The highest BCUT2D eigenvalue weighted by Crippen LogP contribution is 2.33. The number of ether oxygens (including phenoxy) is 3. The number of benzene rings is 2. The molecule has 1 heterocycles. The fourth-order valence-corrected chi connectivity index (χ4v) is 3.62. The molecule has 1 amide bonds. The maximum absolute atomic E-state index is 12.8. The Hall–Kier alpha value is -2.68. The third-order valence-electron chi connectivity index (χ3n) is 5.06. The third kappa shape index (κ3) is 6.66. The average Bonchev–Trinajstić information content (AvgIpc) is 2.80. The number of carbonyl (C=O) groups is 1. The molecule has 0 aliphatic carbocycles. The molecule has 1 fully saturated rings. The molecule has 3 rings (SSSR count). The van der Waals surface area contributed by atoms with Crippen LogP contribution >= 0.6 is 11.6 Å². The Labute approximate surface area is 190 Å². The van der Waals surface area contributed by atoms with E-state index in [1.54, 1.807) is 12.1 Å². The minimum Gasteiger partial charge on any atom is -0.493 e. The Bertz CT molecular complexity index is 919. The number of alkyl halides is 2. The summed E-state index contributed by atoms with van der Waals surface area (Å²) in [6.45, 7) is 0.0971. The maximum atomic E-state index is 12.8. The van der Waals surface area contributed by atoms with Crippen LogP contribution in [0.1, 0.15) is 17.2 Å². The summed E-state index contributed by atoms with van der Waals surface area (Å²) < 4.78 is 40.7. The number of amides is 1. The quantitative estimate of drug-likeness (QED) is 0.562. The van der Waals surface area contributed by atoms with Crippen LogP contribution < -0.4 is 14.8 Å². The van der Waals surface area contributed by atoms with E-state index in [1.165, 1.54) is 25.3 Å². The molecule has 0 aromatic heterocycles. The Kier molecular flexibility index (Phi) is 8.84. The molecule has 9 heteroatoms. The highest BCUT2D eigenvalue weighted by molar-refractivity contribution is 6.30. The Morgan fingerprint density at radius 1 is 1.22 bits per heavy atom. The summed E-state index contributed by atoms with van der Waals surface area (Å²) in [4.78, 5) is 14.7. The topological polar surface area (TPSA) is 60.0 Å². The first-order valence-electron chi connectivity index (χ1n) is 10.1. The van der Waals surface area contributed by atoms with Crippen LogP contribution in [0.3, 0.4) is 0 Å². The smallest absolute Gasteiger partial charge is 0.387 e. The zero-order valence-electron chi connectivity index (χ0n) is 17.6. The van der Waals surface area contributed by atoms with Gasteiger partial charge in [-0.15, -0.1) is 0 Å². The lowest BCUT2D eigenvalue weighted by molar-refractivity contribution is -0.116. The van der Waals surface area contributed by atoms with Crippen molar-refractivity contribution in [3.8, 4) is 11.5 Å².